The van der Waals surface area contributed by atoms with Gasteiger partial charge in [0, 0.05) is 17.3 Å². The van der Waals surface area contributed by atoms with Crippen molar-refractivity contribution in [3.05, 3.63) is 84.1 Å². The van der Waals surface area contributed by atoms with Gasteiger partial charge in [0.1, 0.15) is 11.5 Å². The summed E-state index contributed by atoms with van der Waals surface area (Å²) in [6.45, 7) is 4.36. The van der Waals surface area contributed by atoms with Gasteiger partial charge in [-0.3, -0.25) is 10.1 Å². The average Bonchev–Trinajstić information content (AvgIpc) is 3.22. The highest BCUT2D eigenvalue weighted by Gasteiger charge is 2.06. The minimum atomic E-state index is -0.323. The van der Waals surface area contributed by atoms with Crippen molar-refractivity contribution in [3.8, 4) is 11.3 Å². The molecule has 0 aliphatic carbocycles. The molecule has 0 unspecified atom stereocenters. The Morgan fingerprint density at radius 2 is 1.79 bits per heavy atom. The van der Waals surface area contributed by atoms with Crippen molar-refractivity contribution in [3.63, 3.8) is 0 Å². The van der Waals surface area contributed by atoms with Crippen LogP contribution in [-0.4, -0.2) is 11.0 Å². The Balaban J connectivity index is 1.52. The first-order valence-corrected chi connectivity index (χ1v) is 10.0. The van der Waals surface area contributed by atoms with Crippen LogP contribution in [0.2, 0.25) is 0 Å². The SMILES string of the molecule is CC[C@@H](C)c1ccc(NC(=S)NC(=O)/C=C/c2ccc(-c3ccccc3)o2)cc1. The van der Waals surface area contributed by atoms with Crippen LogP contribution in [0.5, 0.6) is 0 Å². The molecule has 1 aromatic heterocycles. The van der Waals surface area contributed by atoms with E-state index in [4.69, 9.17) is 16.6 Å². The van der Waals surface area contributed by atoms with Crippen LogP contribution in [0.15, 0.2) is 77.2 Å². The summed E-state index contributed by atoms with van der Waals surface area (Å²) >= 11 is 5.22. The molecule has 2 aromatic carbocycles. The molecule has 5 heteroatoms. The first kappa shape index (κ1) is 20.6. The maximum Gasteiger partial charge on any atom is 0.250 e. The molecule has 0 radical (unpaired) electrons. The number of anilines is 1. The van der Waals surface area contributed by atoms with Crippen LogP contribution in [0.1, 0.15) is 37.5 Å². The minimum Gasteiger partial charge on any atom is -0.457 e. The van der Waals surface area contributed by atoms with Gasteiger partial charge in [0.05, 0.1) is 0 Å². The van der Waals surface area contributed by atoms with Crippen molar-refractivity contribution in [2.45, 2.75) is 26.2 Å². The molecule has 0 aliphatic heterocycles. The Labute approximate surface area is 176 Å². The number of hydrogen-bond donors (Lipinski definition) is 2. The summed E-state index contributed by atoms with van der Waals surface area (Å²) in [6.07, 6.45) is 4.11. The number of nitrogens with one attached hydrogen (secondary N) is 2. The quantitative estimate of drug-likeness (QED) is 0.392. The Hall–Kier alpha value is -3.18. The topological polar surface area (TPSA) is 54.3 Å². The van der Waals surface area contributed by atoms with E-state index in [0.717, 1.165) is 23.4 Å². The van der Waals surface area contributed by atoms with Crippen LogP contribution >= 0.6 is 12.2 Å². The summed E-state index contributed by atoms with van der Waals surface area (Å²) in [5.74, 6) is 1.54. The summed E-state index contributed by atoms with van der Waals surface area (Å²) in [4.78, 5) is 12.1. The van der Waals surface area contributed by atoms with Crippen molar-refractivity contribution < 1.29 is 9.21 Å². The van der Waals surface area contributed by atoms with Crippen LogP contribution in [0.3, 0.4) is 0 Å². The monoisotopic (exact) mass is 404 g/mol. The maximum atomic E-state index is 12.1. The van der Waals surface area contributed by atoms with Gasteiger partial charge in [-0.05, 0) is 60.5 Å². The van der Waals surface area contributed by atoms with Gasteiger partial charge in [-0.15, -0.1) is 0 Å². The first-order valence-electron chi connectivity index (χ1n) is 9.60. The smallest absolute Gasteiger partial charge is 0.250 e. The second-order valence-electron chi connectivity index (χ2n) is 6.78. The molecule has 1 amide bonds. The van der Waals surface area contributed by atoms with Gasteiger partial charge in [-0.25, -0.2) is 0 Å². The van der Waals surface area contributed by atoms with E-state index in [9.17, 15) is 4.79 Å². The largest absolute Gasteiger partial charge is 0.457 e. The highest BCUT2D eigenvalue weighted by Crippen LogP contribution is 2.22. The molecule has 0 saturated carbocycles. The van der Waals surface area contributed by atoms with E-state index in [1.54, 1.807) is 6.08 Å². The Kier molecular flexibility index (Phi) is 6.98. The molecule has 1 heterocycles. The molecule has 29 heavy (non-hydrogen) atoms. The van der Waals surface area contributed by atoms with Crippen molar-refractivity contribution in [1.29, 1.82) is 0 Å². The third-order valence-corrected chi connectivity index (χ3v) is 4.87. The summed E-state index contributed by atoms with van der Waals surface area (Å²) in [6, 6.07) is 21.6. The van der Waals surface area contributed by atoms with E-state index in [1.807, 2.05) is 54.6 Å². The summed E-state index contributed by atoms with van der Waals surface area (Å²) in [5.41, 5.74) is 3.11. The van der Waals surface area contributed by atoms with Crippen LogP contribution in [0, 0.1) is 0 Å². The van der Waals surface area contributed by atoms with Gasteiger partial charge in [0.2, 0.25) is 5.91 Å². The number of amides is 1. The van der Waals surface area contributed by atoms with E-state index in [-0.39, 0.29) is 11.0 Å². The van der Waals surface area contributed by atoms with Gasteiger partial charge in [0.15, 0.2) is 5.11 Å². The molecule has 0 aliphatic rings. The second kappa shape index (κ2) is 9.85. The fourth-order valence-corrected chi connectivity index (χ4v) is 3.02. The van der Waals surface area contributed by atoms with Crippen LogP contribution in [0.4, 0.5) is 5.69 Å². The van der Waals surface area contributed by atoms with E-state index in [2.05, 4.69) is 36.6 Å². The highest BCUT2D eigenvalue weighted by molar-refractivity contribution is 7.80. The zero-order valence-electron chi connectivity index (χ0n) is 16.5. The molecule has 1 atom stereocenters. The minimum absolute atomic E-state index is 0.250. The molecule has 148 valence electrons. The van der Waals surface area contributed by atoms with Crippen LogP contribution < -0.4 is 10.6 Å². The summed E-state index contributed by atoms with van der Waals surface area (Å²) in [7, 11) is 0. The molecule has 3 aromatic rings. The molecule has 0 bridgehead atoms. The third-order valence-electron chi connectivity index (χ3n) is 4.67. The van der Waals surface area contributed by atoms with Crippen LogP contribution in [-0.2, 0) is 4.79 Å². The molecule has 0 spiro atoms. The lowest BCUT2D eigenvalue weighted by Crippen LogP contribution is -2.32. The molecular formula is C24H24N2O2S. The molecular weight excluding hydrogens is 380 g/mol. The van der Waals surface area contributed by atoms with Crippen molar-refractivity contribution in [1.82, 2.24) is 5.32 Å². The van der Waals surface area contributed by atoms with E-state index in [1.165, 1.54) is 11.6 Å². The number of thiocarbonyl (C=S) groups is 1. The summed E-state index contributed by atoms with van der Waals surface area (Å²) in [5, 5.41) is 5.91. The zero-order chi connectivity index (χ0) is 20.6. The fourth-order valence-electron chi connectivity index (χ4n) is 2.80. The van der Waals surface area contributed by atoms with E-state index >= 15 is 0 Å². The van der Waals surface area contributed by atoms with Crippen molar-refractivity contribution in [2.24, 2.45) is 0 Å². The highest BCUT2D eigenvalue weighted by atomic mass is 32.1. The third kappa shape index (κ3) is 5.90. The number of carbonyl (C=O) groups is 1. The van der Waals surface area contributed by atoms with Gasteiger partial charge >= 0.3 is 0 Å². The Bertz CT molecular complexity index is 991. The number of carbonyl (C=O) groups excluding carboxylic acids is 1. The number of rotatable bonds is 6. The number of benzene rings is 2. The van der Waals surface area contributed by atoms with E-state index in [0.29, 0.717) is 11.7 Å². The Morgan fingerprint density at radius 1 is 1.07 bits per heavy atom. The first-order chi connectivity index (χ1) is 14.0. The standard InChI is InChI=1S/C24H24N2O2S/c1-3-17(2)18-9-11-20(12-10-18)25-24(29)26-23(27)16-14-21-13-15-22(28-21)19-7-5-4-6-8-19/h4-17H,3H2,1-2H3,(H2,25,26,27,29)/b16-14+/t17-/m1/s1. The lowest BCUT2D eigenvalue weighted by Gasteiger charge is -2.11. The van der Waals surface area contributed by atoms with Crippen molar-refractivity contribution in [2.75, 3.05) is 5.32 Å². The predicted octanol–water partition coefficient (Wildman–Crippen LogP) is 5.99. The van der Waals surface area contributed by atoms with Gasteiger partial charge in [-0.2, -0.15) is 0 Å². The molecule has 4 nitrogen and oxygen atoms in total. The number of hydrogen-bond acceptors (Lipinski definition) is 3. The Morgan fingerprint density at radius 3 is 2.48 bits per heavy atom. The molecule has 0 saturated heterocycles. The number of furan rings is 1. The van der Waals surface area contributed by atoms with Crippen molar-refractivity contribution >= 4 is 35.0 Å². The normalized spacial score (nSPS) is 11.9. The van der Waals surface area contributed by atoms with Gasteiger partial charge < -0.3 is 9.73 Å². The maximum absolute atomic E-state index is 12.1. The fraction of sp³-hybridized carbons (Fsp3) is 0.167. The second-order valence-corrected chi connectivity index (χ2v) is 7.18. The lowest BCUT2D eigenvalue weighted by molar-refractivity contribution is -0.115. The van der Waals surface area contributed by atoms with E-state index < -0.39 is 0 Å². The van der Waals surface area contributed by atoms with Gasteiger partial charge in [-0.1, -0.05) is 56.3 Å². The van der Waals surface area contributed by atoms with Crippen LogP contribution in [0.25, 0.3) is 17.4 Å². The predicted molar refractivity (Wildman–Crippen MR) is 123 cm³/mol. The zero-order valence-corrected chi connectivity index (χ0v) is 17.3. The molecule has 0 fully saturated rings. The average molecular weight is 405 g/mol. The molecule has 3 rings (SSSR count). The lowest BCUT2D eigenvalue weighted by atomic mass is 9.99. The summed E-state index contributed by atoms with van der Waals surface area (Å²) < 4.78 is 5.75. The molecule has 2 N–H and O–H groups in total. The van der Waals surface area contributed by atoms with Gasteiger partial charge in [0.25, 0.3) is 0 Å².